The summed E-state index contributed by atoms with van der Waals surface area (Å²) in [7, 11) is 1.51. The van der Waals surface area contributed by atoms with Crippen LogP contribution in [-0.2, 0) is 0 Å². The summed E-state index contributed by atoms with van der Waals surface area (Å²) < 4.78 is 4.99. The summed E-state index contributed by atoms with van der Waals surface area (Å²) in [6.45, 7) is 1.75. The van der Waals surface area contributed by atoms with Gasteiger partial charge in [-0.05, 0) is 24.6 Å². The highest BCUT2D eigenvalue weighted by Crippen LogP contribution is 2.19. The molecule has 0 aliphatic carbocycles. The highest BCUT2D eigenvalue weighted by molar-refractivity contribution is 5.90. The summed E-state index contributed by atoms with van der Waals surface area (Å²) in [5.41, 5.74) is 1.55. The molecule has 6 heteroatoms. The van der Waals surface area contributed by atoms with Gasteiger partial charge in [-0.2, -0.15) is 4.98 Å². The van der Waals surface area contributed by atoms with Crippen LogP contribution < -0.4 is 10.1 Å². The number of carboxylic acids is 1. The van der Waals surface area contributed by atoms with Gasteiger partial charge in [-0.15, -0.1) is 0 Å². The molecular weight excluding hydrogens is 246 g/mol. The molecule has 0 saturated carbocycles. The Hall–Kier alpha value is -2.63. The molecule has 2 N–H and O–H groups in total. The lowest BCUT2D eigenvalue weighted by Gasteiger charge is -2.08. The minimum Gasteiger partial charge on any atom is -0.481 e. The molecule has 0 unspecified atom stereocenters. The number of carbonyl (C=O) groups is 1. The molecule has 1 aromatic heterocycles. The zero-order valence-corrected chi connectivity index (χ0v) is 10.5. The molecule has 98 valence electrons. The normalized spacial score (nSPS) is 10.0. The van der Waals surface area contributed by atoms with Gasteiger partial charge in [0.2, 0.25) is 11.8 Å². The maximum Gasteiger partial charge on any atom is 0.336 e. The van der Waals surface area contributed by atoms with Gasteiger partial charge in [0, 0.05) is 18.0 Å². The summed E-state index contributed by atoms with van der Waals surface area (Å²) in [6, 6.07) is 6.67. The van der Waals surface area contributed by atoms with E-state index in [0.29, 0.717) is 23.1 Å². The molecule has 0 atom stereocenters. The Labute approximate surface area is 110 Å². The first-order valence-corrected chi connectivity index (χ1v) is 5.58. The summed E-state index contributed by atoms with van der Waals surface area (Å²) in [6.07, 6.45) is 1.56. The average Bonchev–Trinajstić information content (AvgIpc) is 2.41. The van der Waals surface area contributed by atoms with Crippen LogP contribution in [0.2, 0.25) is 0 Å². The van der Waals surface area contributed by atoms with Crippen LogP contribution in [0.1, 0.15) is 15.9 Å². The summed E-state index contributed by atoms with van der Waals surface area (Å²) >= 11 is 0. The van der Waals surface area contributed by atoms with Crippen LogP contribution in [0, 0.1) is 6.92 Å². The predicted octanol–water partition coefficient (Wildman–Crippen LogP) is 2.24. The topological polar surface area (TPSA) is 84.3 Å². The van der Waals surface area contributed by atoms with Crippen LogP contribution in [-0.4, -0.2) is 28.2 Å². The largest absolute Gasteiger partial charge is 0.481 e. The first kappa shape index (κ1) is 12.8. The number of ether oxygens (including phenoxy) is 1. The number of benzene rings is 1. The summed E-state index contributed by atoms with van der Waals surface area (Å²) in [4.78, 5) is 19.2. The lowest BCUT2D eigenvalue weighted by molar-refractivity contribution is 0.0696. The number of anilines is 2. The van der Waals surface area contributed by atoms with Crippen molar-refractivity contribution in [2.24, 2.45) is 0 Å². The molecule has 2 aromatic rings. The lowest BCUT2D eigenvalue weighted by Crippen LogP contribution is -2.03. The Balaban J connectivity index is 2.28. The average molecular weight is 259 g/mol. The third kappa shape index (κ3) is 2.98. The Bertz CT molecular complexity index is 614. The van der Waals surface area contributed by atoms with Gasteiger partial charge in [0.15, 0.2) is 0 Å². The van der Waals surface area contributed by atoms with Gasteiger partial charge >= 0.3 is 5.97 Å². The highest BCUT2D eigenvalue weighted by Gasteiger charge is 2.08. The molecular formula is C13H13N3O3. The maximum atomic E-state index is 11.0. The predicted molar refractivity (Wildman–Crippen MR) is 70.0 cm³/mol. The first-order valence-electron chi connectivity index (χ1n) is 5.58. The van der Waals surface area contributed by atoms with Crippen molar-refractivity contribution in [3.63, 3.8) is 0 Å². The van der Waals surface area contributed by atoms with E-state index in [2.05, 4.69) is 15.3 Å². The van der Waals surface area contributed by atoms with E-state index in [9.17, 15) is 4.79 Å². The van der Waals surface area contributed by atoms with E-state index in [1.807, 2.05) is 0 Å². The zero-order valence-electron chi connectivity index (χ0n) is 10.5. The summed E-state index contributed by atoms with van der Waals surface area (Å²) in [5, 5.41) is 12.0. The van der Waals surface area contributed by atoms with Crippen LogP contribution in [0.4, 0.5) is 11.6 Å². The Morgan fingerprint density at radius 1 is 1.37 bits per heavy atom. The number of nitrogens with zero attached hydrogens (tertiary/aromatic N) is 2. The standard InChI is InChI=1S/C13H13N3O3/c1-8-3-4-9(7-10(8)12(17)18)15-13-14-6-5-11(16-13)19-2/h3-7H,1-2H3,(H,17,18)(H,14,15,16). The van der Waals surface area contributed by atoms with Gasteiger partial charge in [0.1, 0.15) is 0 Å². The third-order valence-corrected chi connectivity index (χ3v) is 2.56. The van der Waals surface area contributed by atoms with Gasteiger partial charge < -0.3 is 15.2 Å². The molecule has 0 aliphatic heterocycles. The molecule has 0 fully saturated rings. The lowest BCUT2D eigenvalue weighted by atomic mass is 10.1. The fraction of sp³-hybridized carbons (Fsp3) is 0.154. The number of hydrogen-bond acceptors (Lipinski definition) is 5. The fourth-order valence-electron chi connectivity index (χ4n) is 1.58. The van der Waals surface area contributed by atoms with Crippen molar-refractivity contribution in [3.05, 3.63) is 41.6 Å². The molecule has 1 aromatic carbocycles. The number of methoxy groups -OCH3 is 1. The van der Waals surface area contributed by atoms with Crippen LogP contribution in [0.3, 0.4) is 0 Å². The van der Waals surface area contributed by atoms with E-state index < -0.39 is 5.97 Å². The van der Waals surface area contributed by atoms with Crippen molar-refractivity contribution in [2.75, 3.05) is 12.4 Å². The van der Waals surface area contributed by atoms with Crippen LogP contribution >= 0.6 is 0 Å². The van der Waals surface area contributed by atoms with Crippen LogP contribution in [0.5, 0.6) is 5.88 Å². The Morgan fingerprint density at radius 3 is 2.84 bits per heavy atom. The molecule has 19 heavy (non-hydrogen) atoms. The van der Waals surface area contributed by atoms with Gasteiger partial charge in [-0.3, -0.25) is 0 Å². The maximum absolute atomic E-state index is 11.0. The van der Waals surface area contributed by atoms with Crippen molar-refractivity contribution >= 4 is 17.6 Å². The Morgan fingerprint density at radius 2 is 2.16 bits per heavy atom. The third-order valence-electron chi connectivity index (χ3n) is 2.56. The number of aromatic carboxylic acids is 1. The Kier molecular flexibility index (Phi) is 3.61. The quantitative estimate of drug-likeness (QED) is 0.875. The molecule has 0 saturated heterocycles. The van der Waals surface area contributed by atoms with E-state index in [4.69, 9.17) is 9.84 Å². The second kappa shape index (κ2) is 5.34. The SMILES string of the molecule is COc1ccnc(Nc2ccc(C)c(C(=O)O)c2)n1. The molecule has 2 rings (SSSR count). The second-order valence-electron chi connectivity index (χ2n) is 3.88. The van der Waals surface area contributed by atoms with E-state index in [1.54, 1.807) is 37.4 Å². The van der Waals surface area contributed by atoms with E-state index in [0.717, 1.165) is 0 Å². The number of aromatic nitrogens is 2. The zero-order chi connectivity index (χ0) is 13.8. The number of hydrogen-bond donors (Lipinski definition) is 2. The molecule has 0 spiro atoms. The smallest absolute Gasteiger partial charge is 0.336 e. The van der Waals surface area contributed by atoms with Crippen molar-refractivity contribution in [1.29, 1.82) is 0 Å². The van der Waals surface area contributed by atoms with E-state index in [1.165, 1.54) is 7.11 Å². The molecule has 0 amide bonds. The van der Waals surface area contributed by atoms with Crippen molar-refractivity contribution < 1.29 is 14.6 Å². The summed E-state index contributed by atoms with van der Waals surface area (Å²) in [5.74, 6) is -0.185. The van der Waals surface area contributed by atoms with E-state index in [-0.39, 0.29) is 5.56 Å². The van der Waals surface area contributed by atoms with Gasteiger partial charge in [0.25, 0.3) is 0 Å². The minimum atomic E-state index is -0.965. The van der Waals surface area contributed by atoms with Crippen LogP contribution in [0.25, 0.3) is 0 Å². The first-order chi connectivity index (χ1) is 9.10. The number of rotatable bonds is 4. The van der Waals surface area contributed by atoms with Crippen molar-refractivity contribution in [1.82, 2.24) is 9.97 Å². The van der Waals surface area contributed by atoms with Crippen LogP contribution in [0.15, 0.2) is 30.5 Å². The minimum absolute atomic E-state index is 0.243. The van der Waals surface area contributed by atoms with E-state index >= 15 is 0 Å². The molecule has 0 radical (unpaired) electrons. The molecule has 0 bridgehead atoms. The van der Waals surface area contributed by atoms with Gasteiger partial charge in [0.05, 0.1) is 12.7 Å². The molecule has 0 aliphatic rings. The monoisotopic (exact) mass is 259 g/mol. The fourth-order valence-corrected chi connectivity index (χ4v) is 1.58. The van der Waals surface area contributed by atoms with Crippen molar-refractivity contribution in [3.8, 4) is 5.88 Å². The molecule has 6 nitrogen and oxygen atoms in total. The van der Waals surface area contributed by atoms with Gasteiger partial charge in [-0.25, -0.2) is 9.78 Å². The number of aryl methyl sites for hydroxylation is 1. The number of nitrogens with one attached hydrogen (secondary N) is 1. The van der Waals surface area contributed by atoms with Crippen molar-refractivity contribution in [2.45, 2.75) is 6.92 Å². The number of carboxylic acid groups (broad SMARTS) is 1. The van der Waals surface area contributed by atoms with Gasteiger partial charge in [-0.1, -0.05) is 6.07 Å². The molecule has 1 heterocycles. The second-order valence-corrected chi connectivity index (χ2v) is 3.88. The highest BCUT2D eigenvalue weighted by atomic mass is 16.5.